The van der Waals surface area contributed by atoms with E-state index in [2.05, 4.69) is 4.98 Å². The van der Waals surface area contributed by atoms with Gasteiger partial charge in [0.2, 0.25) is 0 Å². The number of hydrogen-bond acceptors (Lipinski definition) is 3. The minimum atomic E-state index is 0.0347. The van der Waals surface area contributed by atoms with E-state index in [9.17, 15) is 4.79 Å². The average Bonchev–Trinajstić information content (AvgIpc) is 2.81. The Hall–Kier alpha value is -1.29. The topological polar surface area (TPSA) is 42.4 Å². The second-order valence-corrected chi connectivity index (χ2v) is 4.08. The monoisotopic (exact) mass is 240 g/mol. The number of amides is 1. The molecule has 0 aliphatic carbocycles. The molecule has 86 valence electrons. The van der Waals surface area contributed by atoms with Crippen molar-refractivity contribution >= 4 is 17.5 Å². The molecule has 1 amide bonds. The number of pyridine rings is 1. The van der Waals surface area contributed by atoms with Gasteiger partial charge in [0.15, 0.2) is 6.61 Å². The number of nitrogens with zero attached hydrogens (tertiary/aromatic N) is 2. The SMILES string of the molecule is O=C(COc1ccc(Cl)nc1)N1CCCC1. The molecule has 1 aliphatic rings. The van der Waals surface area contributed by atoms with Crippen molar-refractivity contribution < 1.29 is 9.53 Å². The third-order valence-electron chi connectivity index (χ3n) is 2.52. The van der Waals surface area contributed by atoms with Crippen molar-refractivity contribution in [1.82, 2.24) is 9.88 Å². The third kappa shape index (κ3) is 2.85. The van der Waals surface area contributed by atoms with Crippen LogP contribution in [0.2, 0.25) is 5.15 Å². The average molecular weight is 241 g/mol. The molecule has 0 saturated carbocycles. The standard InChI is InChI=1S/C11H13ClN2O2/c12-10-4-3-9(7-13-10)16-8-11(15)14-5-1-2-6-14/h3-4,7H,1-2,5-6,8H2. The quantitative estimate of drug-likeness (QED) is 0.756. The Balaban J connectivity index is 1.82. The highest BCUT2D eigenvalue weighted by Crippen LogP contribution is 2.13. The molecule has 0 spiro atoms. The van der Waals surface area contributed by atoms with Crippen LogP contribution in [-0.2, 0) is 4.79 Å². The first kappa shape index (κ1) is 11.2. The summed E-state index contributed by atoms with van der Waals surface area (Å²) >= 11 is 5.64. The molecule has 16 heavy (non-hydrogen) atoms. The van der Waals surface area contributed by atoms with Crippen molar-refractivity contribution in [1.29, 1.82) is 0 Å². The molecule has 0 radical (unpaired) electrons. The molecule has 4 nitrogen and oxygen atoms in total. The summed E-state index contributed by atoms with van der Waals surface area (Å²) in [5.41, 5.74) is 0. The predicted molar refractivity (Wildman–Crippen MR) is 60.6 cm³/mol. The first-order chi connectivity index (χ1) is 7.75. The maximum absolute atomic E-state index is 11.6. The molecule has 0 N–H and O–H groups in total. The zero-order valence-electron chi connectivity index (χ0n) is 8.86. The maximum Gasteiger partial charge on any atom is 0.260 e. The van der Waals surface area contributed by atoms with Crippen LogP contribution in [-0.4, -0.2) is 35.5 Å². The molecule has 1 aromatic rings. The van der Waals surface area contributed by atoms with Crippen molar-refractivity contribution in [3.63, 3.8) is 0 Å². The third-order valence-corrected chi connectivity index (χ3v) is 2.74. The van der Waals surface area contributed by atoms with Gasteiger partial charge < -0.3 is 9.64 Å². The van der Waals surface area contributed by atoms with Crippen molar-refractivity contribution in [2.24, 2.45) is 0 Å². The van der Waals surface area contributed by atoms with E-state index < -0.39 is 0 Å². The number of carbonyl (C=O) groups excluding carboxylic acids is 1. The first-order valence-corrected chi connectivity index (χ1v) is 5.65. The second kappa shape index (κ2) is 5.16. The van der Waals surface area contributed by atoms with Crippen LogP contribution in [0, 0.1) is 0 Å². The maximum atomic E-state index is 11.6. The lowest BCUT2D eigenvalue weighted by atomic mass is 10.4. The summed E-state index contributed by atoms with van der Waals surface area (Å²) in [4.78, 5) is 17.3. The number of aromatic nitrogens is 1. The number of likely N-dealkylation sites (tertiary alicyclic amines) is 1. The van der Waals surface area contributed by atoms with Crippen LogP contribution < -0.4 is 4.74 Å². The molecular formula is C11H13ClN2O2. The van der Waals surface area contributed by atoms with Crippen LogP contribution in [0.25, 0.3) is 0 Å². The Morgan fingerprint density at radius 2 is 2.19 bits per heavy atom. The lowest BCUT2D eigenvalue weighted by molar-refractivity contribution is -0.132. The molecule has 2 heterocycles. The van der Waals surface area contributed by atoms with E-state index in [-0.39, 0.29) is 12.5 Å². The Morgan fingerprint density at radius 3 is 2.81 bits per heavy atom. The molecule has 1 fully saturated rings. The molecule has 0 bridgehead atoms. The fourth-order valence-corrected chi connectivity index (χ4v) is 1.76. The van der Waals surface area contributed by atoms with Gasteiger partial charge in [0.1, 0.15) is 10.9 Å². The summed E-state index contributed by atoms with van der Waals surface area (Å²) in [6.45, 7) is 1.77. The van der Waals surface area contributed by atoms with Gasteiger partial charge in [-0.2, -0.15) is 0 Å². The molecular weight excluding hydrogens is 228 g/mol. The number of carbonyl (C=O) groups is 1. The summed E-state index contributed by atoms with van der Waals surface area (Å²) in [6.07, 6.45) is 3.70. The van der Waals surface area contributed by atoms with Crippen molar-refractivity contribution in [3.05, 3.63) is 23.5 Å². The number of halogens is 1. The Kier molecular flexibility index (Phi) is 3.62. The van der Waals surface area contributed by atoms with E-state index in [1.807, 2.05) is 4.90 Å². The van der Waals surface area contributed by atoms with E-state index >= 15 is 0 Å². The lowest BCUT2D eigenvalue weighted by Gasteiger charge is -2.15. The van der Waals surface area contributed by atoms with E-state index in [1.54, 1.807) is 12.1 Å². The van der Waals surface area contributed by atoms with Crippen molar-refractivity contribution in [3.8, 4) is 5.75 Å². The molecule has 1 aromatic heterocycles. The lowest BCUT2D eigenvalue weighted by Crippen LogP contribution is -2.32. The van der Waals surface area contributed by atoms with E-state index in [0.717, 1.165) is 25.9 Å². The minimum absolute atomic E-state index is 0.0347. The van der Waals surface area contributed by atoms with Gasteiger partial charge in [-0.05, 0) is 25.0 Å². The molecule has 0 aromatic carbocycles. The van der Waals surface area contributed by atoms with Crippen LogP contribution in [0.1, 0.15) is 12.8 Å². The molecule has 5 heteroatoms. The summed E-state index contributed by atoms with van der Waals surface area (Å²) in [7, 11) is 0. The van der Waals surface area contributed by atoms with E-state index in [0.29, 0.717) is 10.9 Å². The fraction of sp³-hybridized carbons (Fsp3) is 0.455. The van der Waals surface area contributed by atoms with Gasteiger partial charge in [-0.3, -0.25) is 4.79 Å². The van der Waals surface area contributed by atoms with Crippen LogP contribution in [0.4, 0.5) is 0 Å². The summed E-state index contributed by atoms with van der Waals surface area (Å²) in [6, 6.07) is 3.34. The Bertz CT molecular complexity index is 361. The molecule has 1 aliphatic heterocycles. The van der Waals surface area contributed by atoms with Gasteiger partial charge in [0.05, 0.1) is 6.20 Å². The second-order valence-electron chi connectivity index (χ2n) is 3.69. The number of rotatable bonds is 3. The Morgan fingerprint density at radius 1 is 1.44 bits per heavy atom. The van der Waals surface area contributed by atoms with Crippen LogP contribution in [0.15, 0.2) is 18.3 Å². The summed E-state index contributed by atoms with van der Waals surface area (Å²) in [5.74, 6) is 0.601. The van der Waals surface area contributed by atoms with Gasteiger partial charge in [-0.15, -0.1) is 0 Å². The van der Waals surface area contributed by atoms with Crippen molar-refractivity contribution in [2.45, 2.75) is 12.8 Å². The number of hydrogen-bond donors (Lipinski definition) is 0. The van der Waals surface area contributed by atoms with Crippen LogP contribution in [0.3, 0.4) is 0 Å². The molecule has 2 rings (SSSR count). The largest absolute Gasteiger partial charge is 0.482 e. The Labute approximate surface area is 99.2 Å². The van der Waals surface area contributed by atoms with Gasteiger partial charge in [-0.25, -0.2) is 4.98 Å². The van der Waals surface area contributed by atoms with Crippen molar-refractivity contribution in [2.75, 3.05) is 19.7 Å². The van der Waals surface area contributed by atoms with Gasteiger partial charge >= 0.3 is 0 Å². The number of ether oxygens (including phenoxy) is 1. The van der Waals surface area contributed by atoms with E-state index in [4.69, 9.17) is 16.3 Å². The first-order valence-electron chi connectivity index (χ1n) is 5.28. The molecule has 0 unspecified atom stereocenters. The highest BCUT2D eigenvalue weighted by molar-refractivity contribution is 6.29. The fourth-order valence-electron chi connectivity index (χ4n) is 1.65. The smallest absolute Gasteiger partial charge is 0.260 e. The normalized spacial score (nSPS) is 15.2. The zero-order chi connectivity index (χ0) is 11.4. The van der Waals surface area contributed by atoms with Gasteiger partial charge in [0, 0.05) is 13.1 Å². The highest BCUT2D eigenvalue weighted by Gasteiger charge is 2.17. The summed E-state index contributed by atoms with van der Waals surface area (Å²) < 4.78 is 5.32. The van der Waals surface area contributed by atoms with E-state index in [1.165, 1.54) is 6.20 Å². The van der Waals surface area contributed by atoms with Crippen LogP contribution in [0.5, 0.6) is 5.75 Å². The minimum Gasteiger partial charge on any atom is -0.482 e. The zero-order valence-corrected chi connectivity index (χ0v) is 9.61. The molecule has 0 atom stereocenters. The van der Waals surface area contributed by atoms with Crippen LogP contribution >= 0.6 is 11.6 Å². The molecule has 1 saturated heterocycles. The predicted octanol–water partition coefficient (Wildman–Crippen LogP) is 1.74. The van der Waals surface area contributed by atoms with Gasteiger partial charge in [-0.1, -0.05) is 11.6 Å². The summed E-state index contributed by atoms with van der Waals surface area (Å²) in [5, 5.41) is 0.415. The highest BCUT2D eigenvalue weighted by atomic mass is 35.5. The van der Waals surface area contributed by atoms with Gasteiger partial charge in [0.25, 0.3) is 5.91 Å².